The Hall–Kier alpha value is -0.326. The zero-order valence-corrected chi connectivity index (χ0v) is 22.2. The normalized spacial score (nSPS) is 42.3. The Kier molecular flexibility index (Phi) is 5.36. The number of hydrogen-bond donors (Lipinski definition) is 0. The quantitative estimate of drug-likeness (QED) is 0.428. The summed E-state index contributed by atoms with van der Waals surface area (Å²) in [5.74, 6) is 3.80. The fourth-order valence-electron chi connectivity index (χ4n) is 7.35. The van der Waals surface area contributed by atoms with Gasteiger partial charge in [-0.15, -0.1) is 0 Å². The predicted octanol–water partition coefficient (Wildman–Crippen LogP) is 7.51. The van der Waals surface area contributed by atoms with Crippen molar-refractivity contribution < 1.29 is 8.85 Å². The van der Waals surface area contributed by atoms with Gasteiger partial charge < -0.3 is 8.85 Å². The van der Waals surface area contributed by atoms with Crippen molar-refractivity contribution in [2.75, 3.05) is 0 Å². The van der Waals surface area contributed by atoms with E-state index >= 15 is 0 Å². The molecule has 0 unspecified atom stereocenters. The first-order valence-corrected chi connectivity index (χ1v) is 18.9. The Morgan fingerprint density at radius 1 is 0.897 bits per heavy atom. The maximum absolute atomic E-state index is 6.74. The zero-order valence-electron chi connectivity index (χ0n) is 20.2. The molecule has 29 heavy (non-hydrogen) atoms. The standard InChI is InChI=1S/C25H44O2Si2/c1-24-15-13-19(26-28(3,4)5)17-18(24)9-10-20-21-11-12-23(27-29(6,7)8)25(21,2)16-14-22(20)24/h9,17,20-23H,10-16H2,1-8H3/t20-,21-,22-,23+,24+,25+/m1/s1. The Morgan fingerprint density at radius 2 is 1.62 bits per heavy atom. The summed E-state index contributed by atoms with van der Waals surface area (Å²) in [5.41, 5.74) is 2.35. The zero-order chi connectivity index (χ0) is 21.2. The van der Waals surface area contributed by atoms with E-state index in [4.69, 9.17) is 8.85 Å². The minimum atomic E-state index is -1.52. The summed E-state index contributed by atoms with van der Waals surface area (Å²) in [4.78, 5) is 0. The van der Waals surface area contributed by atoms with Gasteiger partial charge in [-0.2, -0.15) is 0 Å². The lowest BCUT2D eigenvalue weighted by Crippen LogP contribution is -2.51. The highest BCUT2D eigenvalue weighted by molar-refractivity contribution is 6.70. The van der Waals surface area contributed by atoms with E-state index in [2.05, 4.69) is 65.3 Å². The first kappa shape index (κ1) is 21.9. The highest BCUT2D eigenvalue weighted by atomic mass is 28.4. The predicted molar refractivity (Wildman–Crippen MR) is 128 cm³/mol. The molecule has 164 valence electrons. The summed E-state index contributed by atoms with van der Waals surface area (Å²) in [6, 6.07) is 0. The van der Waals surface area contributed by atoms with Gasteiger partial charge in [0.15, 0.2) is 8.32 Å². The van der Waals surface area contributed by atoms with Crippen molar-refractivity contribution in [3.8, 4) is 0 Å². The molecule has 0 aliphatic heterocycles. The largest absolute Gasteiger partial charge is 0.547 e. The van der Waals surface area contributed by atoms with Crippen LogP contribution in [0.3, 0.4) is 0 Å². The van der Waals surface area contributed by atoms with Gasteiger partial charge in [0, 0.05) is 6.42 Å². The van der Waals surface area contributed by atoms with Gasteiger partial charge in [-0.25, -0.2) is 0 Å². The molecule has 0 aromatic heterocycles. The molecule has 0 bridgehead atoms. The maximum atomic E-state index is 6.74. The Labute approximate surface area is 181 Å². The van der Waals surface area contributed by atoms with E-state index in [1.54, 1.807) is 5.57 Å². The second-order valence-electron chi connectivity index (χ2n) is 12.9. The third-order valence-corrected chi connectivity index (χ3v) is 10.4. The van der Waals surface area contributed by atoms with E-state index in [1.807, 2.05) is 0 Å². The van der Waals surface area contributed by atoms with Crippen molar-refractivity contribution in [2.45, 2.75) is 104 Å². The highest BCUT2D eigenvalue weighted by Crippen LogP contribution is 2.65. The van der Waals surface area contributed by atoms with E-state index in [0.717, 1.165) is 24.2 Å². The molecule has 0 saturated heterocycles. The molecule has 0 radical (unpaired) electrons. The summed E-state index contributed by atoms with van der Waals surface area (Å²) in [6.45, 7) is 19.1. The van der Waals surface area contributed by atoms with Crippen LogP contribution in [0.2, 0.25) is 39.3 Å². The molecule has 4 aliphatic carbocycles. The molecule has 0 N–H and O–H groups in total. The molecule has 0 aromatic rings. The van der Waals surface area contributed by atoms with E-state index in [9.17, 15) is 0 Å². The minimum absolute atomic E-state index is 0.355. The Morgan fingerprint density at radius 3 is 2.28 bits per heavy atom. The van der Waals surface area contributed by atoms with Gasteiger partial charge in [0.2, 0.25) is 8.32 Å². The van der Waals surface area contributed by atoms with Gasteiger partial charge in [0.1, 0.15) is 0 Å². The smallest absolute Gasteiger partial charge is 0.241 e. The monoisotopic (exact) mass is 432 g/mol. The van der Waals surface area contributed by atoms with Crippen molar-refractivity contribution in [3.63, 3.8) is 0 Å². The molecular weight excluding hydrogens is 388 g/mol. The summed E-state index contributed by atoms with van der Waals surface area (Å²) >= 11 is 0. The van der Waals surface area contributed by atoms with Gasteiger partial charge in [-0.1, -0.05) is 19.9 Å². The van der Waals surface area contributed by atoms with Crippen molar-refractivity contribution in [1.29, 1.82) is 0 Å². The summed E-state index contributed by atoms with van der Waals surface area (Å²) < 4.78 is 13.1. The van der Waals surface area contributed by atoms with Crippen LogP contribution in [0.1, 0.15) is 58.8 Å². The molecule has 0 spiro atoms. The Bertz CT molecular complexity index is 713. The lowest BCUT2D eigenvalue weighted by molar-refractivity contribution is -0.0579. The van der Waals surface area contributed by atoms with E-state index in [0.29, 0.717) is 16.9 Å². The van der Waals surface area contributed by atoms with Crippen LogP contribution < -0.4 is 0 Å². The van der Waals surface area contributed by atoms with Crippen molar-refractivity contribution >= 4 is 16.6 Å². The summed E-state index contributed by atoms with van der Waals surface area (Å²) in [5, 5.41) is 0. The first-order chi connectivity index (χ1) is 13.3. The summed E-state index contributed by atoms with van der Waals surface area (Å²) in [6.07, 6.45) is 14.6. The SMILES string of the molecule is C[C@]12CC[C@@H]3[C@H](CC=C4C=C(O[Si](C)(C)C)CC[C@@]43C)[C@H]1CC[C@@H]2O[Si](C)(C)C. The van der Waals surface area contributed by atoms with Gasteiger partial charge in [0.25, 0.3) is 0 Å². The average molecular weight is 433 g/mol. The molecule has 2 saturated carbocycles. The van der Waals surface area contributed by atoms with Crippen molar-refractivity contribution in [2.24, 2.45) is 28.6 Å². The number of fused-ring (bicyclic) bond motifs is 5. The van der Waals surface area contributed by atoms with Crippen LogP contribution in [0.25, 0.3) is 0 Å². The number of rotatable bonds is 4. The topological polar surface area (TPSA) is 18.5 Å². The average Bonchev–Trinajstić information content (AvgIpc) is 2.89. The van der Waals surface area contributed by atoms with E-state index in [-0.39, 0.29) is 0 Å². The fourth-order valence-corrected chi connectivity index (χ4v) is 9.53. The lowest BCUT2D eigenvalue weighted by atomic mass is 9.48. The molecule has 0 heterocycles. The molecule has 4 heteroatoms. The third-order valence-electron chi connectivity index (χ3n) is 8.58. The fraction of sp³-hybridized carbons (Fsp3) is 0.840. The van der Waals surface area contributed by atoms with Gasteiger partial charge in [-0.3, -0.25) is 0 Å². The van der Waals surface area contributed by atoms with E-state index in [1.165, 1.54) is 44.3 Å². The van der Waals surface area contributed by atoms with Crippen molar-refractivity contribution in [1.82, 2.24) is 0 Å². The molecule has 0 amide bonds. The molecule has 6 atom stereocenters. The molecule has 4 rings (SSSR count). The van der Waals surface area contributed by atoms with Crippen molar-refractivity contribution in [3.05, 3.63) is 23.5 Å². The molecule has 2 nitrogen and oxygen atoms in total. The van der Waals surface area contributed by atoms with Crippen LogP contribution >= 0.6 is 0 Å². The molecular formula is C25H44O2Si2. The first-order valence-electron chi connectivity index (χ1n) is 12.1. The van der Waals surface area contributed by atoms with Crippen LogP contribution in [0.15, 0.2) is 23.5 Å². The highest BCUT2D eigenvalue weighted by Gasteiger charge is 2.59. The lowest BCUT2D eigenvalue weighted by Gasteiger charge is -2.57. The molecule has 4 aliphatic rings. The van der Waals surface area contributed by atoms with Crippen LogP contribution in [0.4, 0.5) is 0 Å². The van der Waals surface area contributed by atoms with Gasteiger partial charge in [0.05, 0.1) is 11.9 Å². The van der Waals surface area contributed by atoms with Crippen LogP contribution in [-0.2, 0) is 8.85 Å². The second kappa shape index (κ2) is 7.10. The van der Waals surface area contributed by atoms with Gasteiger partial charge in [-0.05, 0) is 118 Å². The number of hydrogen-bond acceptors (Lipinski definition) is 2. The third kappa shape index (κ3) is 3.98. The Balaban J connectivity index is 1.58. The maximum Gasteiger partial charge on any atom is 0.241 e. The number of allylic oxidation sites excluding steroid dienone is 4. The molecule has 2 fully saturated rings. The second-order valence-corrected chi connectivity index (χ2v) is 21.7. The van der Waals surface area contributed by atoms with Crippen LogP contribution in [0.5, 0.6) is 0 Å². The van der Waals surface area contributed by atoms with Crippen LogP contribution in [-0.4, -0.2) is 22.7 Å². The van der Waals surface area contributed by atoms with Gasteiger partial charge >= 0.3 is 0 Å². The summed E-state index contributed by atoms with van der Waals surface area (Å²) in [7, 11) is -3.01. The van der Waals surface area contributed by atoms with E-state index < -0.39 is 16.6 Å². The molecule has 0 aromatic carbocycles. The minimum Gasteiger partial charge on any atom is -0.547 e. The van der Waals surface area contributed by atoms with Crippen LogP contribution in [0, 0.1) is 28.6 Å².